The minimum Gasteiger partial charge on any atom is -0.444 e. The van der Waals surface area contributed by atoms with Gasteiger partial charge in [0.1, 0.15) is 11.4 Å². The van der Waals surface area contributed by atoms with Crippen molar-refractivity contribution in [1.82, 2.24) is 5.32 Å². The molecule has 6 heteroatoms. The van der Waals surface area contributed by atoms with Crippen molar-refractivity contribution in [2.24, 2.45) is 0 Å². The van der Waals surface area contributed by atoms with E-state index in [2.05, 4.69) is 5.32 Å². The van der Waals surface area contributed by atoms with Gasteiger partial charge in [-0.25, -0.2) is 9.18 Å². The molecule has 4 nitrogen and oxygen atoms in total. The molecule has 0 unspecified atom stereocenters. The first-order valence-electron chi connectivity index (χ1n) is 7.13. The summed E-state index contributed by atoms with van der Waals surface area (Å²) in [5.41, 5.74) is -0.614. The van der Waals surface area contributed by atoms with Crippen molar-refractivity contribution in [3.05, 3.63) is 34.6 Å². The van der Waals surface area contributed by atoms with Gasteiger partial charge in [0.2, 0.25) is 0 Å². The number of halogens is 2. The molecular weight excluding hydrogens is 309 g/mol. The van der Waals surface area contributed by atoms with Crippen LogP contribution in [0.15, 0.2) is 18.2 Å². The first-order chi connectivity index (χ1) is 10.2. The Morgan fingerprint density at radius 1 is 1.36 bits per heavy atom. The van der Waals surface area contributed by atoms with Gasteiger partial charge < -0.3 is 10.1 Å². The van der Waals surface area contributed by atoms with Crippen LogP contribution in [0.1, 0.15) is 50.9 Å². The molecule has 1 atom stereocenters. The van der Waals surface area contributed by atoms with Crippen LogP contribution in [0.25, 0.3) is 0 Å². The molecule has 1 rings (SSSR count). The summed E-state index contributed by atoms with van der Waals surface area (Å²) in [7, 11) is 0. The molecule has 22 heavy (non-hydrogen) atoms. The molecule has 0 saturated heterocycles. The van der Waals surface area contributed by atoms with Crippen molar-refractivity contribution in [3.8, 4) is 0 Å². The second-order valence-corrected chi connectivity index (χ2v) is 6.33. The monoisotopic (exact) mass is 329 g/mol. The van der Waals surface area contributed by atoms with Gasteiger partial charge in [-0.1, -0.05) is 31.0 Å². The SMILES string of the molecule is CCC[C@H](NC(=O)OC(C)(C)C)C(=O)c1cccc(F)c1Cl. The number of ether oxygens (including phenoxy) is 1. The number of hydrogen-bond acceptors (Lipinski definition) is 3. The van der Waals surface area contributed by atoms with Crippen LogP contribution < -0.4 is 5.32 Å². The lowest BCUT2D eigenvalue weighted by molar-refractivity contribution is 0.0488. The van der Waals surface area contributed by atoms with Gasteiger partial charge in [0.25, 0.3) is 0 Å². The fraction of sp³-hybridized carbons (Fsp3) is 0.500. The Kier molecular flexibility index (Phi) is 6.35. The maximum absolute atomic E-state index is 13.5. The standard InChI is InChI=1S/C16H21ClFNO3/c1-5-7-12(19-15(21)22-16(2,3)4)14(20)10-8-6-9-11(18)13(10)17/h6,8-9,12H,5,7H2,1-4H3,(H,19,21)/t12-/m0/s1. The van der Waals surface area contributed by atoms with Crippen molar-refractivity contribution in [2.45, 2.75) is 52.2 Å². The van der Waals surface area contributed by atoms with E-state index in [1.165, 1.54) is 18.2 Å². The smallest absolute Gasteiger partial charge is 0.408 e. The number of ketones is 1. The highest BCUT2D eigenvalue weighted by Crippen LogP contribution is 2.22. The molecule has 0 saturated carbocycles. The Hall–Kier alpha value is -1.62. The van der Waals surface area contributed by atoms with Crippen molar-refractivity contribution < 1.29 is 18.7 Å². The van der Waals surface area contributed by atoms with Crippen LogP contribution >= 0.6 is 11.6 Å². The molecule has 0 bridgehead atoms. The zero-order chi connectivity index (χ0) is 16.9. The largest absolute Gasteiger partial charge is 0.444 e. The summed E-state index contributed by atoms with van der Waals surface area (Å²) < 4.78 is 18.6. The highest BCUT2D eigenvalue weighted by Gasteiger charge is 2.26. The van der Waals surface area contributed by atoms with Gasteiger partial charge in [0.05, 0.1) is 11.1 Å². The van der Waals surface area contributed by atoms with Gasteiger partial charge in [-0.2, -0.15) is 0 Å². The summed E-state index contributed by atoms with van der Waals surface area (Å²) in [5, 5.41) is 2.29. The number of benzene rings is 1. The van der Waals surface area contributed by atoms with Crippen LogP contribution in [-0.2, 0) is 4.74 Å². The highest BCUT2D eigenvalue weighted by molar-refractivity contribution is 6.34. The molecule has 0 aliphatic carbocycles. The number of rotatable bonds is 5. The lowest BCUT2D eigenvalue weighted by atomic mass is 10.0. The molecule has 0 heterocycles. The molecule has 1 aromatic rings. The van der Waals surface area contributed by atoms with Crippen LogP contribution in [0, 0.1) is 5.82 Å². The quantitative estimate of drug-likeness (QED) is 0.817. The molecular formula is C16H21ClFNO3. The van der Waals surface area contributed by atoms with E-state index < -0.39 is 29.3 Å². The maximum atomic E-state index is 13.5. The van der Waals surface area contributed by atoms with Crippen LogP contribution in [0.2, 0.25) is 5.02 Å². The van der Waals surface area contributed by atoms with Gasteiger partial charge in [0.15, 0.2) is 5.78 Å². The molecule has 0 aromatic heterocycles. The molecule has 0 aliphatic rings. The number of Topliss-reactive ketones (excluding diaryl/α,β-unsaturated/α-hetero) is 1. The van der Waals surface area contributed by atoms with Crippen LogP contribution in [0.3, 0.4) is 0 Å². The van der Waals surface area contributed by atoms with E-state index in [-0.39, 0.29) is 10.6 Å². The van der Waals surface area contributed by atoms with Crippen LogP contribution in [0.5, 0.6) is 0 Å². The summed E-state index contributed by atoms with van der Waals surface area (Å²) in [6.07, 6.45) is 0.385. The fourth-order valence-corrected chi connectivity index (χ4v) is 2.11. The van der Waals surface area contributed by atoms with Gasteiger partial charge in [0, 0.05) is 5.56 Å². The third-order valence-corrected chi connectivity index (χ3v) is 3.19. The molecule has 122 valence electrons. The molecule has 0 aliphatic heterocycles. The zero-order valence-corrected chi connectivity index (χ0v) is 14.0. The average Bonchev–Trinajstić information content (AvgIpc) is 2.38. The van der Waals surface area contributed by atoms with Crippen LogP contribution in [-0.4, -0.2) is 23.5 Å². The number of hydrogen-bond donors (Lipinski definition) is 1. The number of carbonyl (C=O) groups excluding carboxylic acids is 2. The van der Waals surface area contributed by atoms with E-state index in [4.69, 9.17) is 16.3 Å². The lowest BCUT2D eigenvalue weighted by Gasteiger charge is -2.23. The fourth-order valence-electron chi connectivity index (χ4n) is 1.89. The summed E-state index contributed by atoms with van der Waals surface area (Å²) in [6, 6.07) is 3.21. The summed E-state index contributed by atoms with van der Waals surface area (Å²) >= 11 is 5.84. The predicted octanol–water partition coefficient (Wildman–Crippen LogP) is 4.36. The Morgan fingerprint density at radius 2 is 2.00 bits per heavy atom. The molecule has 0 spiro atoms. The van der Waals surface area contributed by atoms with Gasteiger partial charge in [-0.05, 0) is 39.3 Å². The van der Waals surface area contributed by atoms with E-state index in [0.29, 0.717) is 12.8 Å². The third kappa shape index (κ3) is 5.30. The van der Waals surface area contributed by atoms with E-state index >= 15 is 0 Å². The Bertz CT molecular complexity index is 555. The summed E-state index contributed by atoms with van der Waals surface area (Å²) in [5.74, 6) is -1.10. The lowest BCUT2D eigenvalue weighted by Crippen LogP contribution is -2.43. The molecule has 1 aromatic carbocycles. The first-order valence-corrected chi connectivity index (χ1v) is 7.51. The second kappa shape index (κ2) is 7.58. The van der Waals surface area contributed by atoms with Gasteiger partial charge in [-0.15, -0.1) is 0 Å². The zero-order valence-electron chi connectivity index (χ0n) is 13.2. The Balaban J connectivity index is 2.93. The van der Waals surface area contributed by atoms with Gasteiger partial charge >= 0.3 is 6.09 Å². The van der Waals surface area contributed by atoms with E-state index in [0.717, 1.165) is 0 Å². The highest BCUT2D eigenvalue weighted by atomic mass is 35.5. The Morgan fingerprint density at radius 3 is 2.55 bits per heavy atom. The third-order valence-electron chi connectivity index (χ3n) is 2.80. The number of carbonyl (C=O) groups is 2. The van der Waals surface area contributed by atoms with E-state index in [9.17, 15) is 14.0 Å². The number of nitrogens with one attached hydrogen (secondary N) is 1. The first kappa shape index (κ1) is 18.4. The topological polar surface area (TPSA) is 55.4 Å². The Labute approximate surface area is 135 Å². The summed E-state index contributed by atoms with van der Waals surface area (Å²) in [4.78, 5) is 24.3. The van der Waals surface area contributed by atoms with Crippen molar-refractivity contribution in [3.63, 3.8) is 0 Å². The van der Waals surface area contributed by atoms with Crippen molar-refractivity contribution in [1.29, 1.82) is 0 Å². The molecule has 0 radical (unpaired) electrons. The minimum atomic E-state index is -0.806. The second-order valence-electron chi connectivity index (χ2n) is 5.95. The van der Waals surface area contributed by atoms with Crippen LogP contribution in [0.4, 0.5) is 9.18 Å². The van der Waals surface area contributed by atoms with Gasteiger partial charge in [-0.3, -0.25) is 4.79 Å². The minimum absolute atomic E-state index is 0.0520. The average molecular weight is 330 g/mol. The molecule has 0 fully saturated rings. The number of amides is 1. The summed E-state index contributed by atoms with van der Waals surface area (Å²) in [6.45, 7) is 7.07. The maximum Gasteiger partial charge on any atom is 0.408 e. The predicted molar refractivity (Wildman–Crippen MR) is 83.8 cm³/mol. The van der Waals surface area contributed by atoms with Crippen molar-refractivity contribution >= 4 is 23.5 Å². The van der Waals surface area contributed by atoms with E-state index in [1.807, 2.05) is 6.92 Å². The van der Waals surface area contributed by atoms with Crippen molar-refractivity contribution in [2.75, 3.05) is 0 Å². The molecule has 1 amide bonds. The van der Waals surface area contributed by atoms with E-state index in [1.54, 1.807) is 20.8 Å². The number of alkyl carbamates (subject to hydrolysis) is 1. The normalized spacial score (nSPS) is 12.6. The molecule has 1 N–H and O–H groups in total.